The van der Waals surface area contributed by atoms with E-state index < -0.39 is 0 Å². The number of hydrogen-bond acceptors (Lipinski definition) is 5. The molecule has 0 unspecified atom stereocenters. The van der Waals surface area contributed by atoms with Crippen LogP contribution in [0.2, 0.25) is 0 Å². The van der Waals surface area contributed by atoms with Gasteiger partial charge in [-0.3, -0.25) is 0 Å². The molecule has 0 spiro atoms. The molecule has 0 radical (unpaired) electrons. The molecular formula is C10H9BrO2S3. The Balaban J connectivity index is 2.15. The van der Waals surface area contributed by atoms with Crippen LogP contribution in [-0.4, -0.2) is 19.5 Å². The third kappa shape index (κ3) is 1.76. The second kappa shape index (κ2) is 4.59. The molecule has 0 atom stereocenters. The second-order valence-corrected chi connectivity index (χ2v) is 6.92. The molecular weight excluding hydrogens is 328 g/mol. The number of rotatable bonds is 2. The minimum atomic E-state index is -0.154. The number of thiophene rings is 2. The van der Waals surface area contributed by atoms with E-state index in [2.05, 4.69) is 27.6 Å². The summed E-state index contributed by atoms with van der Waals surface area (Å²) in [5.74, 6) is 0. The van der Waals surface area contributed by atoms with Gasteiger partial charge in [0, 0.05) is 14.7 Å². The SMILES string of the molecule is CSc1c(C2OCCO2)sc2c(Br)csc12. The highest BCUT2D eigenvalue weighted by atomic mass is 79.9. The summed E-state index contributed by atoms with van der Waals surface area (Å²) in [5.41, 5.74) is 0. The maximum absolute atomic E-state index is 5.58. The van der Waals surface area contributed by atoms with Crippen molar-refractivity contribution in [3.05, 3.63) is 14.7 Å². The summed E-state index contributed by atoms with van der Waals surface area (Å²) in [6.07, 6.45) is 1.95. The Morgan fingerprint density at radius 2 is 2.12 bits per heavy atom. The summed E-state index contributed by atoms with van der Waals surface area (Å²) in [6.45, 7) is 1.40. The molecule has 16 heavy (non-hydrogen) atoms. The smallest absolute Gasteiger partial charge is 0.194 e. The number of halogens is 1. The average molecular weight is 337 g/mol. The van der Waals surface area contributed by atoms with Crippen molar-refractivity contribution in [1.82, 2.24) is 0 Å². The van der Waals surface area contributed by atoms with Gasteiger partial charge in [0.1, 0.15) is 0 Å². The van der Waals surface area contributed by atoms with E-state index in [-0.39, 0.29) is 6.29 Å². The van der Waals surface area contributed by atoms with E-state index in [9.17, 15) is 0 Å². The molecule has 0 N–H and O–H groups in total. The summed E-state index contributed by atoms with van der Waals surface area (Å²) in [7, 11) is 0. The third-order valence-corrected chi connectivity index (χ3v) is 7.04. The lowest BCUT2D eigenvalue weighted by Crippen LogP contribution is -1.95. The van der Waals surface area contributed by atoms with Gasteiger partial charge in [-0.15, -0.1) is 34.4 Å². The van der Waals surface area contributed by atoms with E-state index in [1.165, 1.54) is 23.6 Å². The molecule has 2 aromatic rings. The van der Waals surface area contributed by atoms with Crippen LogP contribution in [0.25, 0.3) is 9.40 Å². The molecule has 2 aromatic heterocycles. The Morgan fingerprint density at radius 1 is 1.38 bits per heavy atom. The van der Waals surface area contributed by atoms with Gasteiger partial charge in [0.2, 0.25) is 0 Å². The molecule has 1 fully saturated rings. The van der Waals surface area contributed by atoms with Gasteiger partial charge in [-0.1, -0.05) is 0 Å². The first-order chi connectivity index (χ1) is 7.81. The van der Waals surface area contributed by atoms with E-state index >= 15 is 0 Å². The minimum absolute atomic E-state index is 0.154. The number of thioether (sulfide) groups is 1. The molecule has 0 aromatic carbocycles. The Morgan fingerprint density at radius 3 is 2.81 bits per heavy atom. The second-order valence-electron chi connectivity index (χ2n) is 3.31. The first-order valence-electron chi connectivity index (χ1n) is 4.78. The van der Waals surface area contributed by atoms with Crippen molar-refractivity contribution in [2.24, 2.45) is 0 Å². The Kier molecular flexibility index (Phi) is 3.30. The molecule has 1 saturated heterocycles. The van der Waals surface area contributed by atoms with Gasteiger partial charge in [0.05, 0.1) is 27.5 Å². The van der Waals surface area contributed by atoms with Crippen LogP contribution in [0.4, 0.5) is 0 Å². The predicted octanol–water partition coefficient (Wildman–Crippen LogP) is 4.49. The lowest BCUT2D eigenvalue weighted by atomic mass is 10.4. The summed E-state index contributed by atoms with van der Waals surface area (Å²) in [5, 5.41) is 2.14. The highest BCUT2D eigenvalue weighted by Gasteiger charge is 2.26. The van der Waals surface area contributed by atoms with Crippen LogP contribution >= 0.6 is 50.4 Å². The van der Waals surface area contributed by atoms with Crippen molar-refractivity contribution in [3.8, 4) is 0 Å². The van der Waals surface area contributed by atoms with Crippen molar-refractivity contribution in [1.29, 1.82) is 0 Å². The van der Waals surface area contributed by atoms with E-state index in [1.807, 2.05) is 0 Å². The van der Waals surface area contributed by atoms with Crippen LogP contribution in [0.3, 0.4) is 0 Å². The molecule has 1 aliphatic heterocycles. The van der Waals surface area contributed by atoms with Crippen LogP contribution in [0.15, 0.2) is 14.7 Å². The van der Waals surface area contributed by atoms with E-state index in [1.54, 1.807) is 34.4 Å². The number of fused-ring (bicyclic) bond motifs is 1. The Labute approximate surface area is 114 Å². The van der Waals surface area contributed by atoms with Crippen molar-refractivity contribution < 1.29 is 9.47 Å². The molecule has 6 heteroatoms. The summed E-state index contributed by atoms with van der Waals surface area (Å²) in [4.78, 5) is 2.52. The molecule has 0 aliphatic carbocycles. The van der Waals surface area contributed by atoms with Crippen LogP contribution < -0.4 is 0 Å². The first-order valence-corrected chi connectivity index (χ1v) is 8.49. The van der Waals surface area contributed by atoms with E-state index in [0.717, 1.165) is 0 Å². The molecule has 0 bridgehead atoms. The highest BCUT2D eigenvalue weighted by Crippen LogP contribution is 2.48. The summed E-state index contributed by atoms with van der Waals surface area (Å²) in [6, 6.07) is 0. The zero-order valence-electron chi connectivity index (χ0n) is 8.49. The molecule has 3 rings (SSSR count). The molecule has 3 heterocycles. The number of ether oxygens (including phenoxy) is 2. The van der Waals surface area contributed by atoms with Crippen LogP contribution in [0.5, 0.6) is 0 Å². The fraction of sp³-hybridized carbons (Fsp3) is 0.400. The number of hydrogen-bond donors (Lipinski definition) is 0. The fourth-order valence-electron chi connectivity index (χ4n) is 1.70. The van der Waals surface area contributed by atoms with Gasteiger partial charge in [0.15, 0.2) is 6.29 Å². The standard InChI is InChI=1S/C10H9BrO2S3/c1-14-7-8-6(5(11)4-15-8)16-9(7)10-12-2-3-13-10/h4,10H,2-3H2,1H3. The fourth-order valence-corrected chi connectivity index (χ4v) is 6.16. The van der Waals surface area contributed by atoms with Gasteiger partial charge in [-0.2, -0.15) is 0 Å². The largest absolute Gasteiger partial charge is 0.345 e. The van der Waals surface area contributed by atoms with Gasteiger partial charge in [0.25, 0.3) is 0 Å². The van der Waals surface area contributed by atoms with Crippen LogP contribution in [0.1, 0.15) is 11.2 Å². The third-order valence-electron chi connectivity index (χ3n) is 2.39. The Hall–Kier alpha value is 0.410. The van der Waals surface area contributed by atoms with Crippen LogP contribution in [-0.2, 0) is 9.47 Å². The monoisotopic (exact) mass is 336 g/mol. The normalized spacial score (nSPS) is 17.6. The predicted molar refractivity (Wildman–Crippen MR) is 73.8 cm³/mol. The van der Waals surface area contributed by atoms with Crippen molar-refractivity contribution in [2.45, 2.75) is 11.2 Å². The zero-order chi connectivity index (χ0) is 11.1. The first kappa shape index (κ1) is 11.5. The minimum Gasteiger partial charge on any atom is -0.345 e. The van der Waals surface area contributed by atoms with E-state index in [4.69, 9.17) is 9.47 Å². The van der Waals surface area contributed by atoms with Gasteiger partial charge >= 0.3 is 0 Å². The van der Waals surface area contributed by atoms with E-state index in [0.29, 0.717) is 13.2 Å². The van der Waals surface area contributed by atoms with Crippen molar-refractivity contribution in [3.63, 3.8) is 0 Å². The van der Waals surface area contributed by atoms with Gasteiger partial charge < -0.3 is 9.47 Å². The molecule has 2 nitrogen and oxygen atoms in total. The van der Waals surface area contributed by atoms with Gasteiger partial charge in [-0.25, -0.2) is 0 Å². The summed E-state index contributed by atoms with van der Waals surface area (Å²) < 4.78 is 15.0. The zero-order valence-corrected chi connectivity index (χ0v) is 12.5. The molecule has 0 saturated carbocycles. The van der Waals surface area contributed by atoms with Crippen molar-refractivity contribution >= 4 is 59.8 Å². The quantitative estimate of drug-likeness (QED) is 0.752. The Bertz CT molecular complexity index is 513. The molecule has 86 valence electrons. The highest BCUT2D eigenvalue weighted by molar-refractivity contribution is 9.10. The average Bonchev–Trinajstić information content (AvgIpc) is 2.95. The maximum atomic E-state index is 5.58. The topological polar surface area (TPSA) is 18.5 Å². The van der Waals surface area contributed by atoms with Crippen LogP contribution in [0, 0.1) is 0 Å². The van der Waals surface area contributed by atoms with Gasteiger partial charge in [-0.05, 0) is 22.2 Å². The lowest BCUT2D eigenvalue weighted by molar-refractivity contribution is -0.0429. The lowest BCUT2D eigenvalue weighted by Gasteiger charge is -2.08. The molecule has 0 amide bonds. The maximum Gasteiger partial charge on any atom is 0.194 e. The summed E-state index contributed by atoms with van der Waals surface area (Å²) >= 11 is 8.90. The van der Waals surface area contributed by atoms with Crippen molar-refractivity contribution in [2.75, 3.05) is 19.5 Å². The molecule has 1 aliphatic rings.